The highest BCUT2D eigenvalue weighted by atomic mass is 32.2. The van der Waals surface area contributed by atoms with Crippen LogP contribution in [0.4, 0.5) is 0 Å². The highest BCUT2D eigenvalue weighted by molar-refractivity contribution is 8.06. The number of ether oxygens (including phenoxy) is 2. The summed E-state index contributed by atoms with van der Waals surface area (Å²) in [6.45, 7) is 4.70. The van der Waals surface area contributed by atoms with Gasteiger partial charge in [0.2, 0.25) is 5.88 Å². The molecule has 1 aliphatic heterocycles. The third kappa shape index (κ3) is 5.31. The lowest BCUT2D eigenvalue weighted by Crippen LogP contribution is -2.03. The van der Waals surface area contributed by atoms with Crippen molar-refractivity contribution in [1.82, 2.24) is 0 Å². The quantitative estimate of drug-likeness (QED) is 0.371. The number of fused-ring (bicyclic) bond motifs is 1. The van der Waals surface area contributed by atoms with Gasteiger partial charge in [0.05, 0.1) is 6.61 Å². The van der Waals surface area contributed by atoms with Crippen LogP contribution in [0.25, 0.3) is 0 Å². The van der Waals surface area contributed by atoms with Gasteiger partial charge in [0.15, 0.2) is 0 Å². The Morgan fingerprint density at radius 1 is 1.29 bits per heavy atom. The van der Waals surface area contributed by atoms with Gasteiger partial charge in [-0.15, -0.1) is 5.69 Å². The Morgan fingerprint density at radius 3 is 2.86 bits per heavy atom. The fourth-order valence-electron chi connectivity index (χ4n) is 3.43. The molecular weight excluding hydrogens is 366 g/mol. The topological polar surface area (TPSA) is 30.8 Å². The largest absolute Gasteiger partial charge is 0.493 e. The molecule has 1 heterocycles. The number of hydrogen-bond acceptors (Lipinski definition) is 3. The van der Waals surface area contributed by atoms with Crippen LogP contribution < -0.4 is 9.47 Å². The summed E-state index contributed by atoms with van der Waals surface area (Å²) >= 11 is 0. The molecule has 2 atom stereocenters. The minimum Gasteiger partial charge on any atom is -0.493 e. The van der Waals surface area contributed by atoms with E-state index in [0.717, 1.165) is 36.7 Å². The number of allylic oxidation sites excluding steroid dienone is 1. The number of thiol groups is 1. The van der Waals surface area contributed by atoms with E-state index in [1.807, 2.05) is 25.1 Å². The summed E-state index contributed by atoms with van der Waals surface area (Å²) in [5, 5.41) is 0. The molecule has 0 aliphatic carbocycles. The SMILES string of the molecule is C#[SH](C)CC1COc2cc(Cc3cccc(OC(=C/CC)/N=C\C)c3)ccc21. The molecule has 0 spiro atoms. The molecule has 0 radical (unpaired) electrons. The normalized spacial score (nSPS) is 17.4. The average Bonchev–Trinajstić information content (AvgIpc) is 3.04. The van der Waals surface area contributed by atoms with Crippen molar-refractivity contribution < 1.29 is 9.47 Å². The van der Waals surface area contributed by atoms with Crippen molar-refractivity contribution in [2.75, 3.05) is 18.6 Å². The van der Waals surface area contributed by atoms with Crippen LogP contribution in [-0.4, -0.2) is 24.8 Å². The van der Waals surface area contributed by atoms with Crippen molar-refractivity contribution in [2.45, 2.75) is 32.6 Å². The molecule has 2 aromatic carbocycles. The molecule has 0 aromatic heterocycles. The fourth-order valence-corrected chi connectivity index (χ4v) is 4.43. The molecule has 0 N–H and O–H groups in total. The zero-order valence-electron chi connectivity index (χ0n) is 16.9. The first-order valence-corrected chi connectivity index (χ1v) is 11.8. The highest BCUT2D eigenvalue weighted by Crippen LogP contribution is 2.37. The number of hydrogen-bond donors (Lipinski definition) is 1. The number of aliphatic imine (C=N–C) groups is 1. The maximum atomic E-state index is 6.03. The summed E-state index contributed by atoms with van der Waals surface area (Å²) in [4.78, 5) is 4.28. The molecule has 2 aromatic rings. The molecule has 0 fully saturated rings. The van der Waals surface area contributed by atoms with Crippen molar-refractivity contribution in [3.05, 3.63) is 71.1 Å². The van der Waals surface area contributed by atoms with Gasteiger partial charge in [-0.1, -0.05) is 31.2 Å². The molecule has 3 nitrogen and oxygen atoms in total. The lowest BCUT2D eigenvalue weighted by atomic mass is 9.98. The zero-order chi connectivity index (χ0) is 19.9. The predicted octanol–water partition coefficient (Wildman–Crippen LogP) is 5.69. The molecule has 0 amide bonds. The predicted molar refractivity (Wildman–Crippen MR) is 122 cm³/mol. The van der Waals surface area contributed by atoms with Gasteiger partial charge in [0.25, 0.3) is 0 Å². The molecule has 0 saturated heterocycles. The summed E-state index contributed by atoms with van der Waals surface area (Å²) < 4.78 is 11.9. The van der Waals surface area contributed by atoms with E-state index in [4.69, 9.17) is 15.2 Å². The standard InChI is InChI=1S/C24H29NO2S/c1-5-8-24(25-6-2)27-21-10-7-9-18(14-21)13-19-11-12-22-20(17-28(3)4)16-26-23(22)15-19/h3,6-12,14-15,20,28H,5,13,16-17H2,1-2,4H3/b24-8+,25-6-. The molecule has 148 valence electrons. The van der Waals surface area contributed by atoms with Crippen molar-refractivity contribution in [2.24, 2.45) is 4.99 Å². The number of benzene rings is 2. The van der Waals surface area contributed by atoms with Crippen molar-refractivity contribution in [3.63, 3.8) is 0 Å². The summed E-state index contributed by atoms with van der Waals surface area (Å²) in [6, 6.07) is 14.8. The van der Waals surface area contributed by atoms with Gasteiger partial charge in [0.1, 0.15) is 11.5 Å². The van der Waals surface area contributed by atoms with Crippen LogP contribution in [0.5, 0.6) is 11.5 Å². The van der Waals surface area contributed by atoms with Gasteiger partial charge in [-0.2, -0.15) is 0 Å². The minimum atomic E-state index is -0.409. The molecule has 0 bridgehead atoms. The molecule has 3 rings (SSSR count). The minimum absolute atomic E-state index is 0.409. The van der Waals surface area contributed by atoms with E-state index in [2.05, 4.69) is 48.5 Å². The molecular formula is C24H29NO2S. The van der Waals surface area contributed by atoms with Crippen molar-refractivity contribution in [1.29, 1.82) is 0 Å². The molecule has 1 aliphatic rings. The Labute approximate surface area is 170 Å². The van der Waals surface area contributed by atoms with Crippen LogP contribution in [0, 0.1) is 5.69 Å². The van der Waals surface area contributed by atoms with Gasteiger partial charge in [-0.25, -0.2) is 15.3 Å². The van der Waals surface area contributed by atoms with E-state index in [9.17, 15) is 0 Å². The van der Waals surface area contributed by atoms with E-state index in [1.54, 1.807) is 6.21 Å². The monoisotopic (exact) mass is 395 g/mol. The van der Waals surface area contributed by atoms with Gasteiger partial charge in [-0.3, -0.25) is 0 Å². The lowest BCUT2D eigenvalue weighted by Gasteiger charge is -2.10. The second-order valence-corrected chi connectivity index (χ2v) is 8.96. The van der Waals surface area contributed by atoms with Gasteiger partial charge in [0, 0.05) is 17.7 Å². The van der Waals surface area contributed by atoms with E-state index in [1.165, 1.54) is 16.7 Å². The van der Waals surface area contributed by atoms with Crippen LogP contribution in [0.2, 0.25) is 0 Å². The number of rotatable bonds is 7. The van der Waals surface area contributed by atoms with Gasteiger partial charge < -0.3 is 9.47 Å². The van der Waals surface area contributed by atoms with Crippen LogP contribution in [0.1, 0.15) is 42.9 Å². The Kier molecular flexibility index (Phi) is 7.02. The highest BCUT2D eigenvalue weighted by Gasteiger charge is 2.23. The third-order valence-electron chi connectivity index (χ3n) is 4.63. The van der Waals surface area contributed by atoms with Crippen LogP contribution in [-0.2, 0) is 6.42 Å². The second kappa shape index (κ2) is 9.68. The molecule has 0 saturated carbocycles. The Morgan fingerprint density at radius 2 is 2.11 bits per heavy atom. The van der Waals surface area contributed by atoms with Crippen LogP contribution in [0.3, 0.4) is 0 Å². The first-order valence-electron chi connectivity index (χ1n) is 9.76. The summed E-state index contributed by atoms with van der Waals surface area (Å²) in [5.74, 6) is 3.91. The second-order valence-electron chi connectivity index (χ2n) is 7.08. The Hall–Kier alpha value is -2.42. The third-order valence-corrected chi connectivity index (χ3v) is 5.65. The summed E-state index contributed by atoms with van der Waals surface area (Å²) in [6.07, 6.45) is 7.55. The maximum Gasteiger partial charge on any atom is 0.214 e. The maximum absolute atomic E-state index is 6.03. The van der Waals surface area contributed by atoms with E-state index >= 15 is 0 Å². The smallest absolute Gasteiger partial charge is 0.214 e. The number of nitrogens with zero attached hydrogens (tertiary/aromatic N) is 1. The Bertz CT molecular complexity index is 953. The van der Waals surface area contributed by atoms with E-state index in [-0.39, 0.29) is 0 Å². The van der Waals surface area contributed by atoms with Crippen molar-refractivity contribution in [3.8, 4) is 17.2 Å². The zero-order valence-corrected chi connectivity index (χ0v) is 17.8. The van der Waals surface area contributed by atoms with E-state index < -0.39 is 10.3 Å². The van der Waals surface area contributed by atoms with E-state index in [0.29, 0.717) is 11.8 Å². The molecule has 4 heteroatoms. The van der Waals surface area contributed by atoms with Gasteiger partial charge >= 0.3 is 0 Å². The lowest BCUT2D eigenvalue weighted by molar-refractivity contribution is 0.338. The summed E-state index contributed by atoms with van der Waals surface area (Å²) in [7, 11) is -0.409. The molecule has 2 unspecified atom stereocenters. The van der Waals surface area contributed by atoms with Gasteiger partial charge in [-0.05, 0) is 67.2 Å². The Balaban J connectivity index is 1.73. The first-order chi connectivity index (χ1) is 13.6. The summed E-state index contributed by atoms with van der Waals surface area (Å²) in [5.41, 5.74) is 9.76. The van der Waals surface area contributed by atoms with Crippen molar-refractivity contribution >= 4 is 16.5 Å². The van der Waals surface area contributed by atoms with Crippen LogP contribution in [0.15, 0.2) is 59.4 Å². The molecule has 28 heavy (non-hydrogen) atoms. The average molecular weight is 396 g/mol. The van der Waals surface area contributed by atoms with Crippen LogP contribution >= 0.6 is 10.3 Å². The fraction of sp³-hybridized carbons (Fsp3) is 0.333. The first kappa shape index (κ1) is 20.3.